The van der Waals surface area contributed by atoms with Gasteiger partial charge in [-0.1, -0.05) is 6.42 Å². The first-order valence-corrected chi connectivity index (χ1v) is 10.5. The maximum Gasteiger partial charge on any atom is 0.315 e. The topological polar surface area (TPSA) is 96.5 Å². The lowest BCUT2D eigenvalue weighted by molar-refractivity contribution is -0.134. The summed E-state index contributed by atoms with van der Waals surface area (Å²) in [6.45, 7) is 0. The fraction of sp³-hybridized carbons (Fsp3) is 0.526. The average Bonchev–Trinajstić information content (AvgIpc) is 3.18. The first-order chi connectivity index (χ1) is 13.1. The predicted octanol–water partition coefficient (Wildman–Crippen LogP) is 2.20. The molecule has 144 valence electrons. The van der Waals surface area contributed by atoms with Gasteiger partial charge in [0.1, 0.15) is 5.75 Å². The van der Waals surface area contributed by atoms with Crippen molar-refractivity contribution in [3.63, 3.8) is 0 Å². The monoisotopic (exact) mass is 389 g/mol. The molecule has 1 aromatic rings. The van der Waals surface area contributed by atoms with Crippen molar-refractivity contribution in [2.75, 3.05) is 11.1 Å². The number of anilines is 1. The van der Waals surface area contributed by atoms with Gasteiger partial charge in [-0.2, -0.15) is 11.8 Å². The molecule has 7 nitrogen and oxygen atoms in total. The minimum absolute atomic E-state index is 0.0203. The Kier molecular flexibility index (Phi) is 5.24. The molecule has 3 heterocycles. The molecule has 8 heteroatoms. The Morgan fingerprint density at radius 3 is 2.96 bits per heavy atom. The number of urea groups is 1. The molecule has 0 aromatic heterocycles. The summed E-state index contributed by atoms with van der Waals surface area (Å²) >= 11 is 1.89. The average molecular weight is 389 g/mol. The van der Waals surface area contributed by atoms with Gasteiger partial charge in [0.25, 0.3) is 0 Å². The second-order valence-electron chi connectivity index (χ2n) is 7.21. The normalized spacial score (nSPS) is 25.9. The summed E-state index contributed by atoms with van der Waals surface area (Å²) in [5.74, 6) is 1.27. The Morgan fingerprint density at radius 2 is 2.07 bits per heavy atom. The number of aryl methyl sites for hydroxylation is 1. The summed E-state index contributed by atoms with van der Waals surface area (Å²) in [5.41, 5.74) is 1.80. The molecular weight excluding hydrogens is 366 g/mol. The number of ether oxygens (including phenoxy) is 1. The second-order valence-corrected chi connectivity index (χ2v) is 8.48. The van der Waals surface area contributed by atoms with Gasteiger partial charge >= 0.3 is 12.0 Å². The van der Waals surface area contributed by atoms with E-state index in [9.17, 15) is 14.4 Å². The highest BCUT2D eigenvalue weighted by Gasteiger charge is 2.42. The smallest absolute Gasteiger partial charge is 0.315 e. The Balaban J connectivity index is 1.19. The van der Waals surface area contributed by atoms with Crippen LogP contribution >= 0.6 is 11.8 Å². The molecule has 0 unspecified atom stereocenters. The summed E-state index contributed by atoms with van der Waals surface area (Å²) in [6.07, 6.45) is 4.20. The van der Waals surface area contributed by atoms with E-state index in [4.69, 9.17) is 4.74 Å². The zero-order valence-corrected chi connectivity index (χ0v) is 15.8. The van der Waals surface area contributed by atoms with Gasteiger partial charge in [-0.3, -0.25) is 9.59 Å². The SMILES string of the molecule is O=C1CCc2cc(OC(=O)CCCC[C@@H]3SC[C@@H]4NC(=O)N[C@H]43)ccc2N1. The van der Waals surface area contributed by atoms with E-state index >= 15 is 0 Å². The van der Waals surface area contributed by atoms with Crippen LogP contribution in [0.1, 0.15) is 37.7 Å². The molecule has 3 N–H and O–H groups in total. The standard InChI is InChI=1S/C19H23N3O4S/c23-16-8-5-11-9-12(6-7-13(11)20-16)26-17(24)4-2-1-3-15-18-14(10-27-15)21-19(25)22-18/h6-7,9,14-15,18H,1-5,8,10H2,(H,20,23)(H2,21,22,25)/t14-,15-,18+/m0/s1. The number of carbonyl (C=O) groups is 3. The van der Waals surface area contributed by atoms with Crippen molar-refractivity contribution in [1.29, 1.82) is 0 Å². The lowest BCUT2D eigenvalue weighted by Crippen LogP contribution is -2.36. The number of rotatable bonds is 6. The maximum absolute atomic E-state index is 12.1. The zero-order chi connectivity index (χ0) is 18.8. The third kappa shape index (κ3) is 4.21. The van der Waals surface area contributed by atoms with E-state index in [-0.39, 0.29) is 30.0 Å². The summed E-state index contributed by atoms with van der Waals surface area (Å²) in [7, 11) is 0. The van der Waals surface area contributed by atoms with Crippen molar-refractivity contribution in [3.8, 4) is 5.75 Å². The maximum atomic E-state index is 12.1. The van der Waals surface area contributed by atoms with Crippen LogP contribution < -0.4 is 20.7 Å². The molecule has 2 saturated heterocycles. The molecule has 3 aliphatic heterocycles. The molecular formula is C19H23N3O4S. The van der Waals surface area contributed by atoms with Crippen LogP contribution in [0.25, 0.3) is 0 Å². The van der Waals surface area contributed by atoms with Gasteiger partial charge in [0, 0.05) is 29.5 Å². The molecule has 2 fully saturated rings. The van der Waals surface area contributed by atoms with E-state index in [1.807, 2.05) is 17.8 Å². The fourth-order valence-electron chi connectivity index (χ4n) is 3.86. The minimum Gasteiger partial charge on any atom is -0.427 e. The number of thioether (sulfide) groups is 1. The second kappa shape index (κ2) is 7.80. The molecule has 4 rings (SSSR count). The van der Waals surface area contributed by atoms with Crippen molar-refractivity contribution in [1.82, 2.24) is 10.6 Å². The van der Waals surface area contributed by atoms with Crippen LogP contribution in [0.4, 0.5) is 10.5 Å². The van der Waals surface area contributed by atoms with Crippen LogP contribution in [-0.2, 0) is 16.0 Å². The van der Waals surface area contributed by atoms with Crippen LogP contribution in [0.15, 0.2) is 18.2 Å². The van der Waals surface area contributed by atoms with Crippen LogP contribution in [-0.4, -0.2) is 41.0 Å². The van der Waals surface area contributed by atoms with Crippen molar-refractivity contribution in [2.45, 2.75) is 55.9 Å². The number of hydrogen-bond donors (Lipinski definition) is 3. The zero-order valence-electron chi connectivity index (χ0n) is 15.0. The largest absolute Gasteiger partial charge is 0.427 e. The van der Waals surface area contributed by atoms with Gasteiger partial charge < -0.3 is 20.7 Å². The van der Waals surface area contributed by atoms with E-state index in [1.54, 1.807) is 12.1 Å². The fourth-order valence-corrected chi connectivity index (χ4v) is 5.41. The first-order valence-electron chi connectivity index (χ1n) is 9.40. The summed E-state index contributed by atoms with van der Waals surface area (Å²) in [6, 6.07) is 5.72. The van der Waals surface area contributed by atoms with Crippen molar-refractivity contribution in [2.24, 2.45) is 0 Å². The third-order valence-electron chi connectivity index (χ3n) is 5.26. The van der Waals surface area contributed by atoms with Crippen molar-refractivity contribution < 1.29 is 19.1 Å². The van der Waals surface area contributed by atoms with Gasteiger partial charge in [0.2, 0.25) is 5.91 Å². The van der Waals surface area contributed by atoms with E-state index in [0.29, 0.717) is 30.3 Å². The lowest BCUT2D eigenvalue weighted by Gasteiger charge is -2.17. The minimum atomic E-state index is -0.234. The van der Waals surface area contributed by atoms with E-state index < -0.39 is 0 Å². The van der Waals surface area contributed by atoms with Crippen LogP contribution in [0.2, 0.25) is 0 Å². The molecule has 3 aliphatic rings. The molecule has 0 bridgehead atoms. The molecule has 1 aromatic carbocycles. The summed E-state index contributed by atoms with van der Waals surface area (Å²) < 4.78 is 5.44. The highest BCUT2D eigenvalue weighted by atomic mass is 32.2. The number of benzene rings is 1. The van der Waals surface area contributed by atoms with Gasteiger partial charge in [0.05, 0.1) is 12.1 Å². The van der Waals surface area contributed by atoms with Crippen LogP contribution in [0.5, 0.6) is 5.75 Å². The van der Waals surface area contributed by atoms with E-state index in [1.165, 1.54) is 0 Å². The number of amides is 3. The molecule has 3 amide bonds. The molecule has 0 spiro atoms. The summed E-state index contributed by atoms with van der Waals surface area (Å²) in [5, 5.41) is 9.16. The number of carbonyl (C=O) groups excluding carboxylic acids is 3. The molecule has 0 aliphatic carbocycles. The number of esters is 1. The lowest BCUT2D eigenvalue weighted by atomic mass is 10.0. The molecule has 0 radical (unpaired) electrons. The van der Waals surface area contributed by atoms with Gasteiger partial charge in [-0.25, -0.2) is 4.79 Å². The number of fused-ring (bicyclic) bond motifs is 2. The van der Waals surface area contributed by atoms with Crippen LogP contribution in [0, 0.1) is 0 Å². The van der Waals surface area contributed by atoms with Crippen LogP contribution in [0.3, 0.4) is 0 Å². The Hall–Kier alpha value is -2.22. The van der Waals surface area contributed by atoms with Gasteiger partial charge in [0.15, 0.2) is 0 Å². The molecule has 3 atom stereocenters. The molecule has 27 heavy (non-hydrogen) atoms. The summed E-state index contributed by atoms with van der Waals surface area (Å²) in [4.78, 5) is 34.9. The number of hydrogen-bond acceptors (Lipinski definition) is 5. The number of unbranched alkanes of at least 4 members (excludes halogenated alkanes) is 1. The highest BCUT2D eigenvalue weighted by molar-refractivity contribution is 8.00. The van der Waals surface area contributed by atoms with E-state index in [0.717, 1.165) is 36.3 Å². The van der Waals surface area contributed by atoms with Crippen molar-refractivity contribution >= 4 is 35.4 Å². The van der Waals surface area contributed by atoms with Gasteiger partial charge in [-0.05, 0) is 43.0 Å². The first kappa shape index (κ1) is 18.2. The molecule has 0 saturated carbocycles. The Labute approximate surface area is 162 Å². The Morgan fingerprint density at radius 1 is 1.19 bits per heavy atom. The van der Waals surface area contributed by atoms with Crippen molar-refractivity contribution in [3.05, 3.63) is 23.8 Å². The quantitative estimate of drug-likeness (QED) is 0.300. The predicted molar refractivity (Wildman–Crippen MR) is 103 cm³/mol. The Bertz CT molecular complexity index is 769. The third-order valence-corrected chi connectivity index (χ3v) is 6.77. The van der Waals surface area contributed by atoms with E-state index in [2.05, 4.69) is 16.0 Å². The van der Waals surface area contributed by atoms with Gasteiger partial charge in [-0.15, -0.1) is 0 Å². The number of nitrogens with one attached hydrogen (secondary N) is 3. The highest BCUT2D eigenvalue weighted by Crippen LogP contribution is 2.33.